The van der Waals surface area contributed by atoms with E-state index in [0.29, 0.717) is 54.8 Å². The molecule has 2 aliphatic rings. The summed E-state index contributed by atoms with van der Waals surface area (Å²) < 4.78 is 94.7. The van der Waals surface area contributed by atoms with Gasteiger partial charge in [0.1, 0.15) is 5.82 Å². The van der Waals surface area contributed by atoms with Crippen molar-refractivity contribution >= 4 is 23.7 Å². The number of carbonyl (C=O) groups excluding carboxylic acids is 3. The number of likely N-dealkylation sites (N-methyl/N-ethyl adjacent to an activating group) is 1. The minimum atomic E-state index is -5.09. The monoisotopic (exact) mass is 659 g/mol. The van der Waals surface area contributed by atoms with Crippen LogP contribution >= 0.6 is 0 Å². The molecule has 46 heavy (non-hydrogen) atoms. The maximum atomic E-state index is 13.8. The Kier molecular flexibility index (Phi) is 10.4. The third-order valence-corrected chi connectivity index (χ3v) is 8.69. The molecule has 0 unspecified atom stereocenters. The molecule has 2 atom stereocenters. The number of carbonyl (C=O) groups is 3. The average molecular weight is 660 g/mol. The molecule has 8 nitrogen and oxygen atoms in total. The summed E-state index contributed by atoms with van der Waals surface area (Å²) in [5.41, 5.74) is -3.12. The van der Waals surface area contributed by atoms with E-state index in [2.05, 4.69) is 10.6 Å². The number of halogens is 7. The molecule has 0 radical (unpaired) electrons. The van der Waals surface area contributed by atoms with Crippen molar-refractivity contribution in [1.29, 1.82) is 0 Å². The maximum absolute atomic E-state index is 13.8. The Morgan fingerprint density at radius 1 is 0.870 bits per heavy atom. The Labute approximate surface area is 261 Å². The molecule has 2 aromatic rings. The molecule has 0 spiro atoms. The van der Waals surface area contributed by atoms with Gasteiger partial charge in [-0.25, -0.2) is 14.0 Å². The quantitative estimate of drug-likeness (QED) is 0.361. The average Bonchev–Trinajstić information content (AvgIpc) is 3.45. The molecule has 5 amide bonds. The Bertz CT molecular complexity index is 1380. The maximum Gasteiger partial charge on any atom is 0.416 e. The number of hydrogen-bond acceptors (Lipinski definition) is 3. The van der Waals surface area contributed by atoms with Gasteiger partial charge in [0.2, 0.25) is 5.91 Å². The first-order valence-electron chi connectivity index (χ1n) is 14.9. The molecule has 1 saturated carbocycles. The molecular formula is C31H36F7N5O3. The second-order valence-corrected chi connectivity index (χ2v) is 11.7. The smallest absolute Gasteiger partial charge is 0.340 e. The van der Waals surface area contributed by atoms with E-state index in [9.17, 15) is 45.1 Å². The van der Waals surface area contributed by atoms with Gasteiger partial charge in [-0.15, -0.1) is 0 Å². The van der Waals surface area contributed by atoms with Crippen LogP contribution in [0.25, 0.3) is 0 Å². The summed E-state index contributed by atoms with van der Waals surface area (Å²) in [6.45, 7) is 2.49. The van der Waals surface area contributed by atoms with Crippen molar-refractivity contribution in [1.82, 2.24) is 20.4 Å². The van der Waals surface area contributed by atoms with E-state index in [-0.39, 0.29) is 43.1 Å². The molecule has 0 aromatic heterocycles. The van der Waals surface area contributed by atoms with Crippen LogP contribution in [0.5, 0.6) is 0 Å². The number of nitrogens with zero attached hydrogens (tertiary/aromatic N) is 3. The zero-order valence-electron chi connectivity index (χ0n) is 25.5. The summed E-state index contributed by atoms with van der Waals surface area (Å²) in [4.78, 5) is 42.7. The lowest BCUT2D eigenvalue weighted by Gasteiger charge is -2.33. The second-order valence-electron chi connectivity index (χ2n) is 11.7. The van der Waals surface area contributed by atoms with Gasteiger partial charge in [-0.05, 0) is 68.5 Å². The van der Waals surface area contributed by atoms with Crippen molar-refractivity contribution in [2.75, 3.05) is 38.6 Å². The largest absolute Gasteiger partial charge is 0.416 e. The normalized spacial score (nSPS) is 21.9. The van der Waals surface area contributed by atoms with Crippen molar-refractivity contribution in [3.63, 3.8) is 0 Å². The second kappa shape index (κ2) is 13.8. The predicted molar refractivity (Wildman–Crippen MR) is 155 cm³/mol. The third kappa shape index (κ3) is 8.02. The van der Waals surface area contributed by atoms with Crippen LogP contribution in [0.2, 0.25) is 0 Å². The van der Waals surface area contributed by atoms with Gasteiger partial charge in [-0.2, -0.15) is 26.3 Å². The lowest BCUT2D eigenvalue weighted by atomic mass is 9.85. The lowest BCUT2D eigenvalue weighted by molar-refractivity contribution is -0.143. The van der Waals surface area contributed by atoms with Crippen LogP contribution in [0.15, 0.2) is 42.5 Å². The fourth-order valence-corrected chi connectivity index (χ4v) is 6.16. The van der Waals surface area contributed by atoms with Gasteiger partial charge in [0.15, 0.2) is 0 Å². The Morgan fingerprint density at radius 2 is 1.43 bits per heavy atom. The summed E-state index contributed by atoms with van der Waals surface area (Å²) in [7, 11) is 2.44. The van der Waals surface area contributed by atoms with Crippen LogP contribution in [0.4, 0.5) is 46.0 Å². The number of hydrogen-bond donors (Lipinski definition) is 2. The molecular weight excluding hydrogens is 623 g/mol. The molecule has 15 heteroatoms. The summed E-state index contributed by atoms with van der Waals surface area (Å²) in [5.74, 6) is -1.52. The molecule has 252 valence electrons. The van der Waals surface area contributed by atoms with Crippen LogP contribution in [0, 0.1) is 11.7 Å². The zero-order chi connectivity index (χ0) is 34.0. The number of alkyl halides is 6. The topological polar surface area (TPSA) is 85.0 Å². The first-order valence-corrected chi connectivity index (χ1v) is 14.9. The Hall–Kier alpha value is -4.04. The van der Waals surface area contributed by atoms with Gasteiger partial charge < -0.3 is 20.4 Å². The number of likely N-dealkylation sites (tertiary alicyclic amines) is 1. The number of rotatable bonds is 6. The molecule has 1 heterocycles. The molecule has 2 fully saturated rings. The molecule has 2 N–H and O–H groups in total. The molecule has 2 aromatic carbocycles. The van der Waals surface area contributed by atoms with E-state index >= 15 is 0 Å². The molecule has 0 bridgehead atoms. The molecule has 1 aliphatic carbocycles. The first-order chi connectivity index (χ1) is 21.5. The summed E-state index contributed by atoms with van der Waals surface area (Å²) in [6.07, 6.45) is -7.97. The first kappa shape index (κ1) is 34.8. The molecule has 1 aliphatic heterocycles. The lowest BCUT2D eigenvalue weighted by Crippen LogP contribution is -2.48. The van der Waals surface area contributed by atoms with Crippen molar-refractivity contribution in [3.8, 4) is 0 Å². The Balaban J connectivity index is 1.55. The fraction of sp³-hybridized carbons (Fsp3) is 0.516. The van der Waals surface area contributed by atoms with E-state index in [1.807, 2.05) is 0 Å². The van der Waals surface area contributed by atoms with Crippen molar-refractivity contribution in [3.05, 3.63) is 65.0 Å². The SMILES string of the molecule is CCNC(=O)NC1CCC(C(=O)N2C[C@@H](N(C)C(=O)N(C)c3cc(C(F)(F)F)cc(C(F)(F)F)c3)[C@H](c3ccc(F)cc3)C2)CC1. The molecule has 1 saturated heterocycles. The van der Waals surface area contributed by atoms with Crippen LogP contribution in [-0.2, 0) is 17.1 Å². The summed E-state index contributed by atoms with van der Waals surface area (Å²) in [5, 5.41) is 5.56. The van der Waals surface area contributed by atoms with E-state index in [1.165, 1.54) is 36.2 Å². The van der Waals surface area contributed by atoms with E-state index in [1.54, 1.807) is 11.8 Å². The summed E-state index contributed by atoms with van der Waals surface area (Å²) in [6, 6.07) is 4.45. The highest BCUT2D eigenvalue weighted by atomic mass is 19.4. The van der Waals surface area contributed by atoms with Gasteiger partial charge in [-0.3, -0.25) is 9.69 Å². The van der Waals surface area contributed by atoms with Gasteiger partial charge in [-0.1, -0.05) is 12.1 Å². The van der Waals surface area contributed by atoms with Gasteiger partial charge >= 0.3 is 24.4 Å². The molecule has 4 rings (SSSR count). The van der Waals surface area contributed by atoms with Crippen LogP contribution in [-0.4, -0.2) is 73.6 Å². The van der Waals surface area contributed by atoms with Gasteiger partial charge in [0.25, 0.3) is 0 Å². The third-order valence-electron chi connectivity index (χ3n) is 8.69. The number of anilines is 1. The highest BCUT2D eigenvalue weighted by molar-refractivity contribution is 5.92. The Morgan fingerprint density at radius 3 is 1.96 bits per heavy atom. The number of urea groups is 2. The van der Waals surface area contributed by atoms with E-state index in [4.69, 9.17) is 0 Å². The van der Waals surface area contributed by atoms with Crippen LogP contribution in [0.1, 0.15) is 55.2 Å². The minimum Gasteiger partial charge on any atom is -0.340 e. The zero-order valence-corrected chi connectivity index (χ0v) is 25.5. The summed E-state index contributed by atoms with van der Waals surface area (Å²) >= 11 is 0. The van der Waals surface area contributed by atoms with E-state index < -0.39 is 53.0 Å². The van der Waals surface area contributed by atoms with Crippen molar-refractivity contribution < 1.29 is 45.1 Å². The van der Waals surface area contributed by atoms with Gasteiger partial charge in [0.05, 0.1) is 17.2 Å². The van der Waals surface area contributed by atoms with Crippen LogP contribution < -0.4 is 15.5 Å². The highest BCUT2D eigenvalue weighted by Crippen LogP contribution is 2.39. The number of amides is 5. The predicted octanol–water partition coefficient (Wildman–Crippen LogP) is 6.22. The fourth-order valence-electron chi connectivity index (χ4n) is 6.16. The van der Waals surface area contributed by atoms with Crippen molar-refractivity contribution in [2.24, 2.45) is 5.92 Å². The van der Waals surface area contributed by atoms with Crippen LogP contribution in [0.3, 0.4) is 0 Å². The highest BCUT2D eigenvalue weighted by Gasteiger charge is 2.43. The standard InChI is InChI=1S/C31H36F7N5O3/c1-4-39-28(45)40-23-11-7-19(8-12-23)27(44)43-16-25(18-5-9-22(32)10-6-18)26(17-43)42(3)29(46)41(2)24-14-20(30(33,34)35)13-21(15-24)31(36,37)38/h5-6,9-10,13-15,19,23,25-26H,4,7-8,11-12,16-17H2,1-3H3,(H2,39,40,45)/t19?,23?,25-,26+/m0/s1. The van der Waals surface area contributed by atoms with Crippen molar-refractivity contribution in [2.45, 2.75) is 63.0 Å². The minimum absolute atomic E-state index is 0.0138. The van der Waals surface area contributed by atoms with Gasteiger partial charge in [0, 0.05) is 57.3 Å². The number of nitrogens with one attached hydrogen (secondary N) is 2. The van der Waals surface area contributed by atoms with E-state index in [0.717, 1.165) is 7.05 Å². The number of benzene rings is 2.